The Morgan fingerprint density at radius 3 is 3.00 bits per heavy atom. The monoisotopic (exact) mass is 268 g/mol. The van der Waals surface area contributed by atoms with Crippen LogP contribution < -0.4 is 11.1 Å². The fraction of sp³-hybridized carbons (Fsp3) is 0.462. The number of carbonyl (C=O) groups is 1. The van der Waals surface area contributed by atoms with Crippen LogP contribution in [-0.2, 0) is 4.74 Å². The lowest BCUT2D eigenvalue weighted by Crippen LogP contribution is -2.35. The third kappa shape index (κ3) is 3.37. The SMILES string of the molecule is Nc1cc(Cl)ccc1C(=O)NCC1CCCCO1. The molecule has 1 unspecified atom stereocenters. The highest BCUT2D eigenvalue weighted by Gasteiger charge is 2.16. The van der Waals surface area contributed by atoms with Crippen LogP contribution >= 0.6 is 11.6 Å². The van der Waals surface area contributed by atoms with Crippen molar-refractivity contribution in [1.82, 2.24) is 5.32 Å². The number of carbonyl (C=O) groups excluding carboxylic acids is 1. The summed E-state index contributed by atoms with van der Waals surface area (Å²) >= 11 is 5.79. The maximum atomic E-state index is 11.9. The van der Waals surface area contributed by atoms with Gasteiger partial charge in [-0.3, -0.25) is 4.79 Å². The van der Waals surface area contributed by atoms with Crippen molar-refractivity contribution in [2.45, 2.75) is 25.4 Å². The fourth-order valence-corrected chi connectivity index (χ4v) is 2.19. The van der Waals surface area contributed by atoms with Gasteiger partial charge in [0.2, 0.25) is 0 Å². The molecule has 0 aliphatic carbocycles. The number of amides is 1. The van der Waals surface area contributed by atoms with Crippen molar-refractivity contribution >= 4 is 23.2 Å². The van der Waals surface area contributed by atoms with Gasteiger partial charge in [0.15, 0.2) is 0 Å². The second-order valence-corrected chi connectivity index (χ2v) is 4.87. The summed E-state index contributed by atoms with van der Waals surface area (Å²) < 4.78 is 5.55. The molecule has 1 saturated heterocycles. The van der Waals surface area contributed by atoms with Crippen molar-refractivity contribution in [3.8, 4) is 0 Å². The second kappa shape index (κ2) is 6.07. The quantitative estimate of drug-likeness (QED) is 0.826. The predicted octanol–water partition coefficient (Wildman–Crippen LogP) is 2.22. The maximum Gasteiger partial charge on any atom is 0.253 e. The molecule has 1 aromatic carbocycles. The summed E-state index contributed by atoms with van der Waals surface area (Å²) in [5, 5.41) is 3.37. The zero-order valence-electron chi connectivity index (χ0n) is 10.1. The van der Waals surface area contributed by atoms with E-state index in [1.54, 1.807) is 18.2 Å². The largest absolute Gasteiger partial charge is 0.398 e. The average molecular weight is 269 g/mol. The summed E-state index contributed by atoms with van der Waals surface area (Å²) in [5.74, 6) is -0.182. The number of halogens is 1. The van der Waals surface area contributed by atoms with Crippen molar-refractivity contribution in [2.24, 2.45) is 0 Å². The second-order valence-electron chi connectivity index (χ2n) is 4.43. The lowest BCUT2D eigenvalue weighted by Gasteiger charge is -2.22. The molecule has 1 aliphatic heterocycles. The number of hydrogen-bond donors (Lipinski definition) is 2. The topological polar surface area (TPSA) is 64.4 Å². The Bertz CT molecular complexity index is 431. The van der Waals surface area contributed by atoms with Crippen LogP contribution in [0.15, 0.2) is 18.2 Å². The van der Waals surface area contributed by atoms with Gasteiger partial charge >= 0.3 is 0 Å². The third-order valence-corrected chi connectivity index (χ3v) is 3.26. The molecule has 0 bridgehead atoms. The first-order valence-electron chi connectivity index (χ1n) is 6.11. The summed E-state index contributed by atoms with van der Waals surface area (Å²) in [4.78, 5) is 11.9. The normalized spacial score (nSPS) is 19.5. The summed E-state index contributed by atoms with van der Waals surface area (Å²) in [6.07, 6.45) is 3.38. The van der Waals surface area contributed by atoms with Gasteiger partial charge in [0.05, 0.1) is 11.7 Å². The van der Waals surface area contributed by atoms with Gasteiger partial charge in [-0.05, 0) is 37.5 Å². The lowest BCUT2D eigenvalue weighted by molar-refractivity contribution is 0.0169. The molecule has 1 aliphatic rings. The van der Waals surface area contributed by atoms with Gasteiger partial charge in [0, 0.05) is 23.9 Å². The Morgan fingerprint density at radius 2 is 2.33 bits per heavy atom. The average Bonchev–Trinajstić information content (AvgIpc) is 2.37. The van der Waals surface area contributed by atoms with Gasteiger partial charge in [-0.2, -0.15) is 0 Å². The molecule has 0 saturated carbocycles. The number of hydrogen-bond acceptors (Lipinski definition) is 3. The molecule has 4 nitrogen and oxygen atoms in total. The molecule has 1 heterocycles. The summed E-state index contributed by atoms with van der Waals surface area (Å²) in [5.41, 5.74) is 6.60. The zero-order valence-corrected chi connectivity index (χ0v) is 10.9. The minimum Gasteiger partial charge on any atom is -0.398 e. The highest BCUT2D eigenvalue weighted by Crippen LogP contribution is 2.18. The van der Waals surface area contributed by atoms with Crippen LogP contribution in [0.3, 0.4) is 0 Å². The first-order chi connectivity index (χ1) is 8.66. The molecule has 98 valence electrons. The van der Waals surface area contributed by atoms with Crippen LogP contribution in [0.5, 0.6) is 0 Å². The van der Waals surface area contributed by atoms with E-state index in [4.69, 9.17) is 22.1 Å². The molecule has 2 rings (SSSR count). The number of nitrogen functional groups attached to an aromatic ring is 1. The van der Waals surface area contributed by atoms with Gasteiger partial charge in [-0.1, -0.05) is 11.6 Å². The molecule has 3 N–H and O–H groups in total. The van der Waals surface area contributed by atoms with E-state index in [1.165, 1.54) is 0 Å². The van der Waals surface area contributed by atoms with Gasteiger partial charge in [-0.25, -0.2) is 0 Å². The van der Waals surface area contributed by atoms with Crippen molar-refractivity contribution < 1.29 is 9.53 Å². The zero-order chi connectivity index (χ0) is 13.0. The van der Waals surface area contributed by atoms with Crippen molar-refractivity contribution in [1.29, 1.82) is 0 Å². The highest BCUT2D eigenvalue weighted by molar-refractivity contribution is 6.31. The molecule has 1 aromatic rings. The minimum atomic E-state index is -0.182. The number of nitrogens with two attached hydrogens (primary N) is 1. The minimum absolute atomic E-state index is 0.122. The van der Waals surface area contributed by atoms with E-state index in [2.05, 4.69) is 5.32 Å². The first kappa shape index (κ1) is 13.2. The van der Waals surface area contributed by atoms with Gasteiger partial charge in [0.1, 0.15) is 0 Å². The van der Waals surface area contributed by atoms with Crippen LogP contribution in [0.1, 0.15) is 29.6 Å². The lowest BCUT2D eigenvalue weighted by atomic mass is 10.1. The van der Waals surface area contributed by atoms with E-state index in [0.29, 0.717) is 22.8 Å². The van der Waals surface area contributed by atoms with Crippen LogP contribution in [0.2, 0.25) is 5.02 Å². The number of ether oxygens (including phenoxy) is 1. The molecule has 1 amide bonds. The van der Waals surface area contributed by atoms with Gasteiger partial charge in [-0.15, -0.1) is 0 Å². The van der Waals surface area contributed by atoms with Crippen molar-refractivity contribution in [2.75, 3.05) is 18.9 Å². The number of rotatable bonds is 3. The van der Waals surface area contributed by atoms with E-state index in [9.17, 15) is 4.79 Å². The van der Waals surface area contributed by atoms with Gasteiger partial charge < -0.3 is 15.8 Å². The molecule has 1 atom stereocenters. The maximum absolute atomic E-state index is 11.9. The van der Waals surface area contributed by atoms with Crippen LogP contribution in [0, 0.1) is 0 Å². The van der Waals surface area contributed by atoms with Crippen LogP contribution in [-0.4, -0.2) is 25.2 Å². The highest BCUT2D eigenvalue weighted by atomic mass is 35.5. The Labute approximate surface area is 111 Å². The fourth-order valence-electron chi connectivity index (χ4n) is 2.01. The smallest absolute Gasteiger partial charge is 0.253 e. The molecule has 1 fully saturated rings. The molecule has 5 heteroatoms. The van der Waals surface area contributed by atoms with Crippen molar-refractivity contribution in [3.63, 3.8) is 0 Å². The molecule has 0 radical (unpaired) electrons. The summed E-state index contributed by atoms with van der Waals surface area (Å²) in [6.45, 7) is 1.31. The summed E-state index contributed by atoms with van der Waals surface area (Å²) in [7, 11) is 0. The van der Waals surface area contributed by atoms with Gasteiger partial charge in [0.25, 0.3) is 5.91 Å². The molecule has 18 heavy (non-hydrogen) atoms. The predicted molar refractivity (Wildman–Crippen MR) is 71.8 cm³/mol. The van der Waals surface area contributed by atoms with E-state index in [1.807, 2.05) is 0 Å². The Morgan fingerprint density at radius 1 is 1.50 bits per heavy atom. The van der Waals surface area contributed by atoms with E-state index in [-0.39, 0.29) is 12.0 Å². The molecule has 0 aromatic heterocycles. The van der Waals surface area contributed by atoms with Crippen LogP contribution in [0.25, 0.3) is 0 Å². The standard InChI is InChI=1S/C13H17ClN2O2/c14-9-4-5-11(12(15)7-9)13(17)16-8-10-3-1-2-6-18-10/h4-5,7,10H,1-3,6,8,15H2,(H,16,17). The van der Waals surface area contributed by atoms with Crippen molar-refractivity contribution in [3.05, 3.63) is 28.8 Å². The summed E-state index contributed by atoms with van der Waals surface area (Å²) in [6, 6.07) is 4.87. The van der Waals surface area contributed by atoms with Crippen LogP contribution in [0.4, 0.5) is 5.69 Å². The first-order valence-corrected chi connectivity index (χ1v) is 6.49. The Kier molecular flexibility index (Phi) is 4.44. The third-order valence-electron chi connectivity index (χ3n) is 3.02. The Hall–Kier alpha value is -1.26. The molecular weight excluding hydrogens is 252 g/mol. The molecule has 0 spiro atoms. The van der Waals surface area contributed by atoms with E-state index in [0.717, 1.165) is 25.9 Å². The number of benzene rings is 1. The number of nitrogens with one attached hydrogen (secondary N) is 1. The molecular formula is C13H17ClN2O2. The number of anilines is 1. The van der Waals surface area contributed by atoms with E-state index >= 15 is 0 Å². The van der Waals surface area contributed by atoms with E-state index < -0.39 is 0 Å². The Balaban J connectivity index is 1.90.